The van der Waals surface area contributed by atoms with E-state index in [1.165, 1.54) is 19.8 Å². The van der Waals surface area contributed by atoms with Crippen LogP contribution >= 0.6 is 0 Å². The molecule has 0 saturated heterocycles. The maximum absolute atomic E-state index is 9.45. The minimum atomic E-state index is -1.23. The van der Waals surface area contributed by atoms with E-state index in [4.69, 9.17) is 21.7 Å². The van der Waals surface area contributed by atoms with Gasteiger partial charge in [-0.1, -0.05) is 24.7 Å². The van der Waals surface area contributed by atoms with Crippen LogP contribution in [0.4, 0.5) is 0 Å². The second-order valence-corrected chi connectivity index (χ2v) is 3.52. The summed E-state index contributed by atoms with van der Waals surface area (Å²) in [4.78, 5) is 9.45. The fourth-order valence-corrected chi connectivity index (χ4v) is 1.18. The normalized spacial score (nSPS) is 25.1. The third-order valence-electron chi connectivity index (χ3n) is 2.46. The summed E-state index contributed by atoms with van der Waals surface area (Å²) >= 11 is 0. The number of carboxylic acids is 1. The van der Waals surface area contributed by atoms with Crippen LogP contribution in [0.15, 0.2) is 0 Å². The van der Waals surface area contributed by atoms with Crippen molar-refractivity contribution >= 4 is 5.97 Å². The van der Waals surface area contributed by atoms with Crippen molar-refractivity contribution in [2.24, 2.45) is 11.8 Å². The monoisotopic (exact) mass is 397 g/mol. The summed E-state index contributed by atoms with van der Waals surface area (Å²) in [6, 6.07) is 0. The van der Waals surface area contributed by atoms with Crippen LogP contribution in [0.25, 0.3) is 11.5 Å². The molecule has 0 bridgehead atoms. The molecule has 4 N–H and O–H groups in total. The van der Waals surface area contributed by atoms with Gasteiger partial charge in [0.25, 0.3) is 0 Å². The van der Waals surface area contributed by atoms with Gasteiger partial charge in [-0.15, -0.1) is 13.1 Å². The van der Waals surface area contributed by atoms with Crippen molar-refractivity contribution in [2.75, 3.05) is 13.1 Å². The van der Waals surface area contributed by atoms with Crippen LogP contribution in [0.2, 0.25) is 0 Å². The summed E-state index contributed by atoms with van der Waals surface area (Å²) < 4.78 is 0. The second kappa shape index (κ2) is 9.28. The zero-order valence-electron chi connectivity index (χ0n) is 8.68. The van der Waals surface area contributed by atoms with Gasteiger partial charge in [0.05, 0.1) is 0 Å². The number of rotatable bonds is 3. The number of nitrogens with one attached hydrogen (secondary N) is 2. The van der Waals surface area contributed by atoms with E-state index in [9.17, 15) is 4.79 Å². The number of carboxylic acid groups (broad SMARTS) is 1. The molecule has 0 aliphatic heterocycles. The van der Waals surface area contributed by atoms with Gasteiger partial charge in [-0.3, -0.25) is 0 Å². The van der Waals surface area contributed by atoms with Gasteiger partial charge in [0.2, 0.25) is 0 Å². The van der Waals surface area contributed by atoms with Crippen molar-refractivity contribution in [3.05, 3.63) is 11.5 Å². The van der Waals surface area contributed by atoms with Crippen molar-refractivity contribution in [1.29, 1.82) is 0 Å². The molecule has 1 aliphatic carbocycles. The van der Waals surface area contributed by atoms with Crippen molar-refractivity contribution in [2.45, 2.75) is 25.9 Å². The number of aliphatic carboxylic acids is 1. The molecule has 1 saturated carbocycles. The predicted molar refractivity (Wildman–Crippen MR) is 53.9 cm³/mol. The van der Waals surface area contributed by atoms with Gasteiger partial charge in [-0.05, 0) is 6.92 Å². The van der Waals surface area contributed by atoms with E-state index >= 15 is 0 Å². The van der Waals surface area contributed by atoms with Crippen LogP contribution < -0.4 is 0 Å². The number of aliphatic hydroxyl groups excluding tert-OH is 1. The zero-order valence-corrected chi connectivity index (χ0v) is 11.0. The smallest absolute Gasteiger partial charge is 0.677 e. The van der Waals surface area contributed by atoms with Gasteiger partial charge in [0.1, 0.15) is 6.10 Å². The van der Waals surface area contributed by atoms with Gasteiger partial charge in [-0.25, -0.2) is 4.79 Å². The van der Waals surface area contributed by atoms with Crippen LogP contribution in [-0.2, 0) is 25.9 Å². The molecule has 0 aromatic rings. The van der Waals surface area contributed by atoms with Gasteiger partial charge in [0, 0.05) is 0 Å². The minimum Gasteiger partial charge on any atom is -0.677 e. The molecule has 0 aromatic heterocycles. The average Bonchev–Trinajstić information content (AvgIpc) is 2.05. The molecule has 3 atom stereocenters. The van der Waals surface area contributed by atoms with E-state index in [-0.39, 0.29) is 21.1 Å². The Hall–Kier alpha value is 0.0383. The molecule has 0 spiro atoms. The standard InChI is InChI=1S/C6H12N2.C3H6O3.Pt/c7-3-5-1-2-6(5)4-8;1-2(4)3(5)6;/h5-8H,1-4H2;2,4H,1H3,(H,5,6);/q-2;;+2/t5-,6?;2-;/m00./s1. The zero-order chi connectivity index (χ0) is 11.1. The average molecular weight is 397 g/mol. The van der Waals surface area contributed by atoms with E-state index in [0.29, 0.717) is 24.9 Å². The van der Waals surface area contributed by atoms with Crippen LogP contribution in [0.5, 0.6) is 0 Å². The first kappa shape index (κ1) is 17.4. The Labute approximate surface area is 104 Å². The summed E-state index contributed by atoms with van der Waals surface area (Å²) in [6.07, 6.45) is 1.17. The van der Waals surface area contributed by atoms with Crippen LogP contribution in [0, 0.1) is 11.8 Å². The third kappa shape index (κ3) is 7.01. The molecule has 1 aliphatic rings. The summed E-state index contributed by atoms with van der Waals surface area (Å²) in [5.41, 5.74) is 14.0. The molecule has 1 fully saturated rings. The van der Waals surface area contributed by atoms with Crippen molar-refractivity contribution in [1.82, 2.24) is 0 Å². The molecule has 15 heavy (non-hydrogen) atoms. The fraction of sp³-hybridized carbons (Fsp3) is 0.889. The van der Waals surface area contributed by atoms with E-state index in [0.717, 1.165) is 0 Å². The van der Waals surface area contributed by atoms with Crippen LogP contribution in [0.1, 0.15) is 19.8 Å². The van der Waals surface area contributed by atoms with Gasteiger partial charge in [0.15, 0.2) is 0 Å². The summed E-state index contributed by atoms with van der Waals surface area (Å²) in [5.74, 6) is -0.0324. The molecule has 92 valence electrons. The maximum Gasteiger partial charge on any atom is 2.00 e. The number of carbonyl (C=O) groups is 1. The fourth-order valence-electron chi connectivity index (χ4n) is 1.18. The van der Waals surface area contributed by atoms with E-state index in [1.54, 1.807) is 0 Å². The third-order valence-corrected chi connectivity index (χ3v) is 2.46. The molecule has 1 rings (SSSR count). The number of aliphatic hydroxyl groups is 1. The van der Waals surface area contributed by atoms with Crippen molar-refractivity contribution in [3.63, 3.8) is 0 Å². The SMILES string of the molecule is C[C@H](O)C(=O)O.[NH-]CC1CC[C@H]1C[NH-].[Pt+2]. The molecule has 6 heteroatoms. The van der Waals surface area contributed by atoms with E-state index < -0.39 is 12.1 Å². The van der Waals surface area contributed by atoms with E-state index in [2.05, 4.69) is 0 Å². The summed E-state index contributed by atoms with van der Waals surface area (Å²) in [6.45, 7) is 2.29. The summed E-state index contributed by atoms with van der Waals surface area (Å²) in [7, 11) is 0. The Morgan fingerprint density at radius 2 is 1.60 bits per heavy atom. The van der Waals surface area contributed by atoms with Crippen LogP contribution in [0.3, 0.4) is 0 Å². The molecular weight excluding hydrogens is 379 g/mol. The molecule has 0 amide bonds. The Balaban J connectivity index is 0. The van der Waals surface area contributed by atoms with Crippen molar-refractivity contribution < 1.29 is 36.1 Å². The Morgan fingerprint density at radius 1 is 1.33 bits per heavy atom. The molecular formula is C9H18N2O3Pt. The maximum atomic E-state index is 9.45. The molecule has 0 radical (unpaired) electrons. The first-order valence-corrected chi connectivity index (χ1v) is 4.73. The first-order valence-electron chi connectivity index (χ1n) is 4.73. The number of hydrogen-bond donors (Lipinski definition) is 2. The summed E-state index contributed by atoms with van der Waals surface area (Å²) in [5, 5.41) is 15.8. The van der Waals surface area contributed by atoms with E-state index in [1.807, 2.05) is 0 Å². The number of hydrogen-bond acceptors (Lipinski definition) is 2. The Kier molecular flexibility index (Phi) is 10.8. The molecule has 0 aromatic carbocycles. The van der Waals surface area contributed by atoms with Gasteiger partial charge < -0.3 is 21.7 Å². The van der Waals surface area contributed by atoms with Gasteiger partial charge >= 0.3 is 27.0 Å². The second-order valence-electron chi connectivity index (χ2n) is 3.52. The molecule has 1 unspecified atom stereocenters. The quantitative estimate of drug-likeness (QED) is 0.755. The Bertz CT molecular complexity index is 165. The largest absolute Gasteiger partial charge is 2.00 e. The predicted octanol–water partition coefficient (Wildman–Crippen LogP) is 1.57. The molecule has 5 nitrogen and oxygen atoms in total. The first-order chi connectivity index (χ1) is 6.52. The Morgan fingerprint density at radius 3 is 1.67 bits per heavy atom. The topological polar surface area (TPSA) is 105 Å². The van der Waals surface area contributed by atoms with Crippen molar-refractivity contribution in [3.8, 4) is 0 Å². The molecule has 0 heterocycles. The van der Waals surface area contributed by atoms with Crippen LogP contribution in [-0.4, -0.2) is 35.4 Å². The minimum absolute atomic E-state index is 0. The van der Waals surface area contributed by atoms with Gasteiger partial charge in [-0.2, -0.15) is 0 Å².